The van der Waals surface area contributed by atoms with Crippen LogP contribution >= 0.6 is 0 Å². The maximum atomic E-state index is 5.59. The average molecular weight is 291 g/mol. The molecule has 1 spiro atoms. The van der Waals surface area contributed by atoms with Crippen LogP contribution in [-0.2, 0) is 18.2 Å². The van der Waals surface area contributed by atoms with Gasteiger partial charge in [-0.05, 0) is 24.8 Å². The van der Waals surface area contributed by atoms with Crippen molar-refractivity contribution >= 4 is 5.96 Å². The summed E-state index contributed by atoms with van der Waals surface area (Å²) in [4.78, 5) is 6.80. The fraction of sp³-hybridized carbons (Fsp3) is 0.733. The number of hydrogen-bond acceptors (Lipinski definition) is 3. The van der Waals surface area contributed by atoms with Gasteiger partial charge in [-0.15, -0.1) is 0 Å². The lowest BCUT2D eigenvalue weighted by Gasteiger charge is -2.24. The van der Waals surface area contributed by atoms with E-state index in [0.717, 1.165) is 45.2 Å². The highest BCUT2D eigenvalue weighted by Gasteiger charge is 2.42. The third kappa shape index (κ3) is 3.20. The van der Waals surface area contributed by atoms with Gasteiger partial charge in [0.25, 0.3) is 0 Å². The van der Waals surface area contributed by atoms with Crippen LogP contribution in [0.15, 0.2) is 17.4 Å². The average Bonchev–Trinajstić information content (AvgIpc) is 3.19. The van der Waals surface area contributed by atoms with Crippen molar-refractivity contribution in [3.8, 4) is 0 Å². The summed E-state index contributed by atoms with van der Waals surface area (Å²) in [5, 5.41) is 7.67. The van der Waals surface area contributed by atoms with Crippen LogP contribution in [0, 0.1) is 5.41 Å². The number of rotatable bonds is 3. The summed E-state index contributed by atoms with van der Waals surface area (Å²) in [5.74, 6) is 1.02. The van der Waals surface area contributed by atoms with E-state index in [1.807, 2.05) is 25.0 Å². The lowest BCUT2D eigenvalue weighted by molar-refractivity contribution is 0.156. The third-order valence-electron chi connectivity index (χ3n) is 4.59. The zero-order valence-electron chi connectivity index (χ0n) is 13.0. The molecular weight excluding hydrogens is 266 g/mol. The predicted molar refractivity (Wildman–Crippen MR) is 82.3 cm³/mol. The molecule has 1 atom stereocenters. The predicted octanol–water partition coefficient (Wildman–Crippen LogP) is 0.650. The van der Waals surface area contributed by atoms with Gasteiger partial charge in [-0.3, -0.25) is 9.67 Å². The van der Waals surface area contributed by atoms with Gasteiger partial charge in [0.1, 0.15) is 0 Å². The largest absolute Gasteiger partial charge is 0.381 e. The Balaban J connectivity index is 1.49. The highest BCUT2D eigenvalue weighted by atomic mass is 16.5. The molecule has 6 heteroatoms. The lowest BCUT2D eigenvalue weighted by atomic mass is 9.87. The van der Waals surface area contributed by atoms with Crippen molar-refractivity contribution in [3.05, 3.63) is 18.0 Å². The Bertz CT molecular complexity index is 504. The number of aryl methyl sites for hydroxylation is 1. The number of nitrogens with zero attached hydrogens (tertiary/aromatic N) is 4. The second-order valence-electron chi connectivity index (χ2n) is 6.22. The second kappa shape index (κ2) is 6.05. The first kappa shape index (κ1) is 14.4. The fourth-order valence-corrected chi connectivity index (χ4v) is 3.34. The van der Waals surface area contributed by atoms with E-state index in [1.165, 1.54) is 18.4 Å². The molecule has 1 unspecified atom stereocenters. The van der Waals surface area contributed by atoms with E-state index in [0.29, 0.717) is 5.41 Å². The van der Waals surface area contributed by atoms with E-state index in [4.69, 9.17) is 4.74 Å². The van der Waals surface area contributed by atoms with Crippen LogP contribution in [0.2, 0.25) is 0 Å². The quantitative estimate of drug-likeness (QED) is 0.656. The highest BCUT2D eigenvalue weighted by molar-refractivity contribution is 5.80. The molecule has 6 nitrogen and oxygen atoms in total. The summed E-state index contributed by atoms with van der Waals surface area (Å²) in [6, 6.07) is 0. The van der Waals surface area contributed by atoms with Gasteiger partial charge in [0.2, 0.25) is 0 Å². The van der Waals surface area contributed by atoms with Crippen molar-refractivity contribution in [2.45, 2.75) is 19.3 Å². The molecule has 1 aromatic rings. The third-order valence-corrected chi connectivity index (χ3v) is 4.59. The molecule has 0 bridgehead atoms. The first-order valence-corrected chi connectivity index (χ1v) is 7.72. The molecule has 2 fully saturated rings. The minimum absolute atomic E-state index is 0.376. The monoisotopic (exact) mass is 291 g/mol. The Labute approximate surface area is 126 Å². The number of aromatic nitrogens is 2. The SMILES string of the molecule is CN=C(NCCc1cnn(C)c1)N1CCC2(CCOC2)C1. The second-order valence-corrected chi connectivity index (χ2v) is 6.22. The van der Waals surface area contributed by atoms with E-state index in [9.17, 15) is 0 Å². The Hall–Kier alpha value is -1.56. The van der Waals surface area contributed by atoms with Gasteiger partial charge in [0, 0.05) is 51.9 Å². The van der Waals surface area contributed by atoms with Crippen LogP contribution in [-0.4, -0.2) is 60.5 Å². The maximum absolute atomic E-state index is 5.59. The van der Waals surface area contributed by atoms with E-state index in [-0.39, 0.29) is 0 Å². The van der Waals surface area contributed by atoms with Crippen LogP contribution in [0.5, 0.6) is 0 Å². The smallest absolute Gasteiger partial charge is 0.193 e. The molecular formula is C15H25N5O. The topological polar surface area (TPSA) is 54.7 Å². The van der Waals surface area contributed by atoms with Crippen LogP contribution in [0.3, 0.4) is 0 Å². The number of ether oxygens (including phenoxy) is 1. The van der Waals surface area contributed by atoms with Crippen molar-refractivity contribution in [2.24, 2.45) is 17.5 Å². The van der Waals surface area contributed by atoms with Gasteiger partial charge in [0.05, 0.1) is 12.8 Å². The van der Waals surface area contributed by atoms with Crippen molar-refractivity contribution in [1.82, 2.24) is 20.0 Å². The van der Waals surface area contributed by atoms with Crippen molar-refractivity contribution < 1.29 is 4.74 Å². The Morgan fingerprint density at radius 3 is 3.10 bits per heavy atom. The molecule has 3 rings (SSSR count). The Kier molecular flexibility index (Phi) is 4.14. The van der Waals surface area contributed by atoms with Gasteiger partial charge in [-0.2, -0.15) is 5.10 Å². The molecule has 2 aliphatic heterocycles. The minimum atomic E-state index is 0.376. The number of likely N-dealkylation sites (tertiary alicyclic amines) is 1. The first-order chi connectivity index (χ1) is 10.2. The zero-order valence-corrected chi connectivity index (χ0v) is 13.0. The minimum Gasteiger partial charge on any atom is -0.381 e. The summed E-state index contributed by atoms with van der Waals surface area (Å²) in [6.45, 7) is 4.87. The van der Waals surface area contributed by atoms with Crippen LogP contribution in [0.4, 0.5) is 0 Å². The summed E-state index contributed by atoms with van der Waals surface area (Å²) in [6.07, 6.45) is 7.36. The molecule has 0 amide bonds. The summed E-state index contributed by atoms with van der Waals surface area (Å²) < 4.78 is 7.43. The van der Waals surface area contributed by atoms with E-state index in [2.05, 4.69) is 26.5 Å². The molecule has 0 aliphatic carbocycles. The molecule has 1 N–H and O–H groups in total. The highest BCUT2D eigenvalue weighted by Crippen LogP contribution is 2.38. The van der Waals surface area contributed by atoms with Crippen molar-refractivity contribution in [1.29, 1.82) is 0 Å². The Morgan fingerprint density at radius 2 is 2.43 bits per heavy atom. The molecule has 2 aliphatic rings. The molecule has 1 aromatic heterocycles. The summed E-state index contributed by atoms with van der Waals surface area (Å²) in [5.41, 5.74) is 1.63. The molecule has 3 heterocycles. The van der Waals surface area contributed by atoms with E-state index >= 15 is 0 Å². The Morgan fingerprint density at radius 1 is 1.52 bits per heavy atom. The van der Waals surface area contributed by atoms with E-state index < -0.39 is 0 Å². The normalized spacial score (nSPS) is 26.0. The number of hydrogen-bond donors (Lipinski definition) is 1. The molecule has 2 saturated heterocycles. The molecule has 116 valence electrons. The fourth-order valence-electron chi connectivity index (χ4n) is 3.34. The molecule has 0 radical (unpaired) electrons. The first-order valence-electron chi connectivity index (χ1n) is 7.72. The van der Waals surface area contributed by atoms with Crippen LogP contribution < -0.4 is 5.32 Å². The van der Waals surface area contributed by atoms with Crippen molar-refractivity contribution in [3.63, 3.8) is 0 Å². The zero-order chi connectivity index (χ0) is 14.7. The van der Waals surface area contributed by atoms with Gasteiger partial charge in [-0.25, -0.2) is 0 Å². The van der Waals surface area contributed by atoms with Crippen LogP contribution in [0.1, 0.15) is 18.4 Å². The summed E-state index contributed by atoms with van der Waals surface area (Å²) in [7, 11) is 3.81. The standard InChI is InChI=1S/C15H25N5O/c1-16-14(17-6-3-13-9-18-19(2)10-13)20-7-4-15(11-20)5-8-21-12-15/h9-10H,3-8,11-12H2,1-2H3,(H,16,17). The van der Waals surface area contributed by atoms with Gasteiger partial charge in [-0.1, -0.05) is 0 Å². The lowest BCUT2D eigenvalue weighted by Crippen LogP contribution is -2.42. The number of aliphatic imine (C=N–C) groups is 1. The number of nitrogens with one attached hydrogen (secondary N) is 1. The van der Waals surface area contributed by atoms with Crippen LogP contribution in [0.25, 0.3) is 0 Å². The molecule has 0 aromatic carbocycles. The summed E-state index contributed by atoms with van der Waals surface area (Å²) >= 11 is 0. The van der Waals surface area contributed by atoms with Gasteiger partial charge >= 0.3 is 0 Å². The van der Waals surface area contributed by atoms with Gasteiger partial charge < -0.3 is 15.0 Å². The van der Waals surface area contributed by atoms with Crippen molar-refractivity contribution in [2.75, 3.05) is 39.9 Å². The molecule has 0 saturated carbocycles. The number of guanidine groups is 1. The van der Waals surface area contributed by atoms with E-state index in [1.54, 1.807) is 0 Å². The maximum Gasteiger partial charge on any atom is 0.193 e. The molecule has 21 heavy (non-hydrogen) atoms. The van der Waals surface area contributed by atoms with Gasteiger partial charge in [0.15, 0.2) is 5.96 Å².